The van der Waals surface area contributed by atoms with Gasteiger partial charge in [0.05, 0.1) is 18.1 Å². The van der Waals surface area contributed by atoms with E-state index in [4.69, 9.17) is 15.2 Å². The summed E-state index contributed by atoms with van der Waals surface area (Å²) in [5.74, 6) is -0.622. The molecule has 0 spiro atoms. The van der Waals surface area contributed by atoms with E-state index in [1.54, 1.807) is 7.11 Å². The molecule has 21 heavy (non-hydrogen) atoms. The summed E-state index contributed by atoms with van der Waals surface area (Å²) in [6.07, 6.45) is 0.510. The quantitative estimate of drug-likeness (QED) is 0.617. The molecule has 0 saturated heterocycles. The molecule has 3 N–H and O–H groups in total. The smallest absolute Gasteiger partial charge is 0.240 e. The van der Waals surface area contributed by atoms with E-state index in [-0.39, 0.29) is 23.5 Å². The van der Waals surface area contributed by atoms with E-state index in [1.165, 1.54) is 18.2 Å². The summed E-state index contributed by atoms with van der Waals surface area (Å²) >= 11 is 0. The third-order valence-corrected chi connectivity index (χ3v) is 4.30. The van der Waals surface area contributed by atoms with Gasteiger partial charge in [-0.1, -0.05) is 6.07 Å². The molecule has 0 heterocycles. The Hall–Kier alpha value is -1.06. The lowest BCUT2D eigenvalue weighted by atomic mass is 10.2. The van der Waals surface area contributed by atoms with Crippen molar-refractivity contribution in [2.75, 3.05) is 33.5 Å². The van der Waals surface area contributed by atoms with Gasteiger partial charge in [-0.25, -0.2) is 17.5 Å². The van der Waals surface area contributed by atoms with E-state index in [1.807, 2.05) is 0 Å². The van der Waals surface area contributed by atoms with Gasteiger partial charge in [-0.2, -0.15) is 0 Å². The van der Waals surface area contributed by atoms with Gasteiger partial charge >= 0.3 is 0 Å². The molecule has 0 unspecified atom stereocenters. The minimum atomic E-state index is -3.77. The SMILES string of the molecule is COCCOCCCNS(=O)(=O)c1cccc(F)c1CN. The van der Waals surface area contributed by atoms with Crippen molar-refractivity contribution in [1.82, 2.24) is 4.72 Å². The Labute approximate surface area is 124 Å². The normalized spacial score (nSPS) is 11.8. The van der Waals surface area contributed by atoms with Crippen molar-refractivity contribution in [2.24, 2.45) is 5.73 Å². The molecule has 120 valence electrons. The fourth-order valence-corrected chi connectivity index (χ4v) is 3.02. The highest BCUT2D eigenvalue weighted by Crippen LogP contribution is 2.18. The topological polar surface area (TPSA) is 90.6 Å². The van der Waals surface area contributed by atoms with Crippen LogP contribution in [0, 0.1) is 5.82 Å². The summed E-state index contributed by atoms with van der Waals surface area (Å²) < 4.78 is 50.2. The minimum absolute atomic E-state index is 0.0126. The van der Waals surface area contributed by atoms with Crippen LogP contribution < -0.4 is 10.5 Å². The fourth-order valence-electron chi connectivity index (χ4n) is 1.69. The molecule has 8 heteroatoms. The first-order valence-corrected chi connectivity index (χ1v) is 8.05. The van der Waals surface area contributed by atoms with Crippen molar-refractivity contribution in [2.45, 2.75) is 17.9 Å². The van der Waals surface area contributed by atoms with Gasteiger partial charge in [-0.15, -0.1) is 0 Å². The van der Waals surface area contributed by atoms with Gasteiger partial charge in [-0.3, -0.25) is 0 Å². The average Bonchev–Trinajstić information content (AvgIpc) is 2.46. The van der Waals surface area contributed by atoms with E-state index in [0.717, 1.165) is 0 Å². The highest BCUT2D eigenvalue weighted by atomic mass is 32.2. The van der Waals surface area contributed by atoms with Crippen LogP contribution in [0.4, 0.5) is 4.39 Å². The second-order valence-electron chi connectivity index (χ2n) is 4.28. The van der Waals surface area contributed by atoms with E-state index in [2.05, 4.69) is 4.72 Å². The van der Waals surface area contributed by atoms with Gasteiger partial charge < -0.3 is 15.2 Å². The first kappa shape index (κ1) is 18.0. The van der Waals surface area contributed by atoms with Crippen LogP contribution in [-0.2, 0) is 26.0 Å². The summed E-state index contributed by atoms with van der Waals surface area (Å²) in [5.41, 5.74) is 5.39. The molecule has 0 radical (unpaired) electrons. The lowest BCUT2D eigenvalue weighted by molar-refractivity contribution is 0.0699. The maximum absolute atomic E-state index is 13.5. The van der Waals surface area contributed by atoms with Crippen LogP contribution in [0.1, 0.15) is 12.0 Å². The second kappa shape index (κ2) is 9.06. The Morgan fingerprint density at radius 2 is 2.05 bits per heavy atom. The molecule has 1 aromatic carbocycles. The van der Waals surface area contributed by atoms with Crippen LogP contribution in [0.15, 0.2) is 23.1 Å². The predicted molar refractivity (Wildman–Crippen MR) is 76.8 cm³/mol. The molecule has 0 aliphatic heterocycles. The highest BCUT2D eigenvalue weighted by Gasteiger charge is 2.19. The molecule has 0 aliphatic rings. The van der Waals surface area contributed by atoms with Gasteiger partial charge in [-0.05, 0) is 18.6 Å². The van der Waals surface area contributed by atoms with Gasteiger partial charge in [0, 0.05) is 32.4 Å². The van der Waals surface area contributed by atoms with Crippen molar-refractivity contribution < 1.29 is 22.3 Å². The Kier molecular flexibility index (Phi) is 7.76. The molecule has 0 aliphatic carbocycles. The third-order valence-electron chi connectivity index (χ3n) is 2.76. The number of sulfonamides is 1. The molecule has 1 aromatic rings. The number of hydrogen-bond acceptors (Lipinski definition) is 5. The average molecular weight is 320 g/mol. The van der Waals surface area contributed by atoms with Crippen molar-refractivity contribution in [3.8, 4) is 0 Å². The third kappa shape index (κ3) is 5.68. The molecule has 0 saturated carbocycles. The molecule has 0 atom stereocenters. The number of hydrogen-bond donors (Lipinski definition) is 2. The van der Waals surface area contributed by atoms with Crippen molar-refractivity contribution in [3.05, 3.63) is 29.6 Å². The van der Waals surface area contributed by atoms with Crippen LogP contribution in [0.5, 0.6) is 0 Å². The van der Waals surface area contributed by atoms with Gasteiger partial charge in [0.15, 0.2) is 0 Å². The largest absolute Gasteiger partial charge is 0.382 e. The zero-order chi connectivity index (χ0) is 15.7. The van der Waals surface area contributed by atoms with E-state index < -0.39 is 15.8 Å². The second-order valence-corrected chi connectivity index (χ2v) is 6.01. The zero-order valence-electron chi connectivity index (χ0n) is 12.0. The maximum atomic E-state index is 13.5. The summed E-state index contributed by atoms with van der Waals surface area (Å²) in [6, 6.07) is 3.87. The number of nitrogens with one attached hydrogen (secondary N) is 1. The molecule has 0 amide bonds. The first-order valence-electron chi connectivity index (χ1n) is 6.56. The number of benzene rings is 1. The number of nitrogens with two attached hydrogens (primary N) is 1. The Morgan fingerprint density at radius 3 is 2.71 bits per heavy atom. The molecular formula is C13H21FN2O4S. The molecular weight excluding hydrogens is 299 g/mol. The molecule has 0 aromatic heterocycles. The van der Waals surface area contributed by atoms with Crippen LogP contribution in [0.2, 0.25) is 0 Å². The van der Waals surface area contributed by atoms with Gasteiger partial charge in [0.1, 0.15) is 5.82 Å². The summed E-state index contributed by atoms with van der Waals surface area (Å²) in [4.78, 5) is -0.120. The van der Waals surface area contributed by atoms with Crippen LogP contribution >= 0.6 is 0 Å². The number of ether oxygens (including phenoxy) is 2. The van der Waals surface area contributed by atoms with Crippen LogP contribution in [-0.4, -0.2) is 41.9 Å². The van der Waals surface area contributed by atoms with E-state index in [9.17, 15) is 12.8 Å². The summed E-state index contributed by atoms with van der Waals surface area (Å²) in [6.45, 7) is 1.40. The number of rotatable bonds is 10. The Bertz CT molecular complexity index is 537. The first-order chi connectivity index (χ1) is 10.0. The number of halogens is 1. The van der Waals surface area contributed by atoms with Crippen LogP contribution in [0.25, 0.3) is 0 Å². The molecule has 6 nitrogen and oxygen atoms in total. The van der Waals surface area contributed by atoms with E-state index in [0.29, 0.717) is 26.2 Å². The van der Waals surface area contributed by atoms with Gasteiger partial charge in [0.2, 0.25) is 10.0 Å². The van der Waals surface area contributed by atoms with Crippen molar-refractivity contribution in [3.63, 3.8) is 0 Å². The lowest BCUT2D eigenvalue weighted by Gasteiger charge is -2.11. The summed E-state index contributed by atoms with van der Waals surface area (Å²) in [5, 5.41) is 0. The Morgan fingerprint density at radius 1 is 1.29 bits per heavy atom. The minimum Gasteiger partial charge on any atom is -0.382 e. The predicted octanol–water partition coefficient (Wildman–Crippen LogP) is 0.616. The zero-order valence-corrected chi connectivity index (χ0v) is 12.8. The Balaban J connectivity index is 2.53. The monoisotopic (exact) mass is 320 g/mol. The van der Waals surface area contributed by atoms with Crippen LogP contribution in [0.3, 0.4) is 0 Å². The molecule has 0 bridgehead atoms. The highest BCUT2D eigenvalue weighted by molar-refractivity contribution is 7.89. The van der Waals surface area contributed by atoms with Crippen molar-refractivity contribution >= 4 is 10.0 Å². The van der Waals surface area contributed by atoms with Crippen molar-refractivity contribution in [1.29, 1.82) is 0 Å². The lowest BCUT2D eigenvalue weighted by Crippen LogP contribution is -2.27. The molecule has 0 fully saturated rings. The summed E-state index contributed by atoms with van der Waals surface area (Å²) in [7, 11) is -2.20. The number of methoxy groups -OCH3 is 1. The molecule has 1 rings (SSSR count). The van der Waals surface area contributed by atoms with E-state index >= 15 is 0 Å². The standard InChI is InChI=1S/C13H21FN2O4S/c1-19-8-9-20-7-3-6-16-21(17,18)13-5-2-4-12(14)11(13)10-15/h2,4-5,16H,3,6-10,15H2,1H3. The maximum Gasteiger partial charge on any atom is 0.240 e. The fraction of sp³-hybridized carbons (Fsp3) is 0.538. The van der Waals surface area contributed by atoms with Gasteiger partial charge in [0.25, 0.3) is 0 Å².